The maximum Gasteiger partial charge on any atom is 0.243 e. The second-order valence-electron chi connectivity index (χ2n) is 10.3. The number of unbranched alkanes of at least 4 members (excludes halogenated alkanes) is 1. The van der Waals surface area contributed by atoms with Gasteiger partial charge < -0.3 is 10.2 Å². The van der Waals surface area contributed by atoms with Crippen LogP contribution in [0.3, 0.4) is 0 Å². The largest absolute Gasteiger partial charge is 0.354 e. The Morgan fingerprint density at radius 2 is 1.67 bits per heavy atom. The highest BCUT2D eigenvalue weighted by Crippen LogP contribution is 2.28. The van der Waals surface area contributed by atoms with E-state index in [1.54, 1.807) is 43.3 Å². The lowest BCUT2D eigenvalue weighted by Gasteiger charge is -2.32. The number of halogens is 2. The van der Waals surface area contributed by atoms with Crippen molar-refractivity contribution in [2.24, 2.45) is 0 Å². The molecule has 10 heteroatoms. The molecule has 0 heterocycles. The van der Waals surface area contributed by atoms with Gasteiger partial charge in [-0.3, -0.25) is 13.9 Å². The summed E-state index contributed by atoms with van der Waals surface area (Å²) in [7, 11) is -3.68. The molecule has 226 valence electrons. The molecule has 0 aliphatic heterocycles. The highest BCUT2D eigenvalue weighted by Gasteiger charge is 2.31. The number of nitrogens with one attached hydrogen (secondary N) is 1. The van der Waals surface area contributed by atoms with Gasteiger partial charge in [0, 0.05) is 43.1 Å². The molecule has 3 aromatic carbocycles. The summed E-state index contributed by atoms with van der Waals surface area (Å²) >= 11 is 6.25. The topological polar surface area (TPSA) is 86.8 Å². The predicted octanol–water partition coefficient (Wildman–Crippen LogP) is 5.89. The second-order valence-corrected chi connectivity index (χ2v) is 12.6. The van der Waals surface area contributed by atoms with Crippen molar-refractivity contribution < 1.29 is 22.4 Å². The Hall–Kier alpha value is -3.43. The van der Waals surface area contributed by atoms with Gasteiger partial charge in [0.25, 0.3) is 0 Å². The number of amides is 2. The summed E-state index contributed by atoms with van der Waals surface area (Å²) in [5.74, 6) is -1.16. The van der Waals surface area contributed by atoms with Crippen LogP contribution in [0.1, 0.15) is 49.3 Å². The van der Waals surface area contributed by atoms with Crippen molar-refractivity contribution in [1.82, 2.24) is 10.2 Å². The molecule has 0 saturated carbocycles. The summed E-state index contributed by atoms with van der Waals surface area (Å²) in [6, 6.07) is 19.7. The molecule has 0 saturated heterocycles. The number of hydrogen-bond donors (Lipinski definition) is 1. The number of hydrogen-bond acceptors (Lipinski definition) is 4. The van der Waals surface area contributed by atoms with Crippen molar-refractivity contribution in [3.8, 4) is 0 Å². The van der Waals surface area contributed by atoms with Crippen LogP contribution in [-0.2, 0) is 32.6 Å². The Balaban J connectivity index is 1.90. The van der Waals surface area contributed by atoms with E-state index >= 15 is 0 Å². The monoisotopic (exact) mass is 615 g/mol. The molecule has 3 rings (SSSR count). The fourth-order valence-corrected chi connectivity index (χ4v) is 5.90. The van der Waals surface area contributed by atoms with E-state index in [1.807, 2.05) is 37.3 Å². The van der Waals surface area contributed by atoms with Crippen molar-refractivity contribution in [3.63, 3.8) is 0 Å². The van der Waals surface area contributed by atoms with E-state index in [2.05, 4.69) is 5.32 Å². The maximum atomic E-state index is 14.8. The summed E-state index contributed by atoms with van der Waals surface area (Å²) in [5, 5.41) is 3.38. The highest BCUT2D eigenvalue weighted by molar-refractivity contribution is 7.92. The van der Waals surface area contributed by atoms with E-state index in [0.717, 1.165) is 24.7 Å². The molecule has 0 spiro atoms. The quantitative estimate of drug-likeness (QED) is 0.216. The number of carbonyl (C=O) groups is 2. The minimum atomic E-state index is -3.68. The van der Waals surface area contributed by atoms with Gasteiger partial charge in [0.2, 0.25) is 21.8 Å². The number of benzene rings is 3. The first-order valence-electron chi connectivity index (χ1n) is 14.1. The van der Waals surface area contributed by atoms with Gasteiger partial charge >= 0.3 is 0 Å². The summed E-state index contributed by atoms with van der Waals surface area (Å²) < 4.78 is 41.4. The van der Waals surface area contributed by atoms with Crippen molar-refractivity contribution >= 4 is 39.1 Å². The summed E-state index contributed by atoms with van der Waals surface area (Å²) in [5.41, 5.74) is 2.21. The normalized spacial score (nSPS) is 12.0. The maximum absolute atomic E-state index is 14.8. The van der Waals surface area contributed by atoms with Crippen LogP contribution in [-0.4, -0.2) is 50.5 Å². The Morgan fingerprint density at radius 3 is 2.33 bits per heavy atom. The molecule has 2 amide bonds. The molecule has 7 nitrogen and oxygen atoms in total. The van der Waals surface area contributed by atoms with Gasteiger partial charge in [-0.05, 0) is 49.1 Å². The Labute approximate surface area is 253 Å². The van der Waals surface area contributed by atoms with Crippen LogP contribution < -0.4 is 9.62 Å². The van der Waals surface area contributed by atoms with Crippen molar-refractivity contribution in [1.29, 1.82) is 0 Å². The van der Waals surface area contributed by atoms with Crippen LogP contribution in [0.2, 0.25) is 5.02 Å². The minimum Gasteiger partial charge on any atom is -0.354 e. The Morgan fingerprint density at radius 1 is 0.976 bits per heavy atom. The smallest absolute Gasteiger partial charge is 0.243 e. The number of carbonyl (C=O) groups excluding carboxylic acids is 2. The summed E-state index contributed by atoms with van der Waals surface area (Å²) in [4.78, 5) is 28.8. The van der Waals surface area contributed by atoms with E-state index in [1.165, 1.54) is 15.3 Å². The first-order chi connectivity index (χ1) is 20.0. The first-order valence-corrected chi connectivity index (χ1v) is 16.3. The number of anilines is 1. The lowest BCUT2D eigenvalue weighted by molar-refractivity contribution is -0.141. The van der Waals surface area contributed by atoms with Gasteiger partial charge in [-0.2, -0.15) is 0 Å². The summed E-state index contributed by atoms with van der Waals surface area (Å²) in [6.45, 7) is 4.15. The molecule has 0 radical (unpaired) electrons. The van der Waals surface area contributed by atoms with Gasteiger partial charge in [0.05, 0.1) is 11.9 Å². The lowest BCUT2D eigenvalue weighted by atomic mass is 10.0. The number of nitrogens with zero attached hydrogens (tertiary/aromatic N) is 2. The molecule has 0 aliphatic rings. The molecule has 42 heavy (non-hydrogen) atoms. The molecular formula is C32H39ClFN3O4S. The SMILES string of the molecule is CCCCNC(=O)C(Cc1ccccc1)N(Cc1ccccc1F)C(=O)CCCN(c1cccc(Cl)c1C)S(C)(=O)=O. The standard InChI is InChI=1S/C32H39ClFN3O4S/c1-4-5-20-35-32(39)30(22-25-13-7-6-8-14-25)36(23-26-15-9-10-17-28(26)34)31(38)19-12-21-37(42(3,40)41)29-18-11-16-27(33)24(29)2/h6-11,13-18,30H,4-5,12,19-23H2,1-3H3,(H,35,39). The predicted molar refractivity (Wildman–Crippen MR) is 166 cm³/mol. The van der Waals surface area contributed by atoms with Crippen LogP contribution in [0, 0.1) is 12.7 Å². The van der Waals surface area contributed by atoms with Crippen molar-refractivity contribution in [2.75, 3.05) is 23.7 Å². The van der Waals surface area contributed by atoms with Crippen molar-refractivity contribution in [2.45, 2.75) is 58.5 Å². The van der Waals surface area contributed by atoms with Crippen LogP contribution in [0.25, 0.3) is 0 Å². The first kappa shape index (κ1) is 33.1. The molecule has 1 N–H and O–H groups in total. The van der Waals surface area contributed by atoms with Crippen molar-refractivity contribution in [3.05, 3.63) is 100 Å². The third-order valence-electron chi connectivity index (χ3n) is 7.06. The molecule has 0 aromatic heterocycles. The van der Waals surface area contributed by atoms with Crippen LogP contribution >= 0.6 is 11.6 Å². The van der Waals surface area contributed by atoms with E-state index in [-0.39, 0.29) is 49.7 Å². The fraction of sp³-hybridized carbons (Fsp3) is 0.375. The van der Waals surface area contributed by atoms with Crippen LogP contribution in [0.4, 0.5) is 10.1 Å². The summed E-state index contributed by atoms with van der Waals surface area (Å²) in [6.07, 6.45) is 3.17. The van der Waals surface area contributed by atoms with E-state index in [0.29, 0.717) is 22.8 Å². The molecule has 1 atom stereocenters. The zero-order valence-electron chi connectivity index (χ0n) is 24.4. The van der Waals surface area contributed by atoms with E-state index in [9.17, 15) is 22.4 Å². The molecular weight excluding hydrogens is 577 g/mol. The second kappa shape index (κ2) is 15.7. The zero-order valence-corrected chi connectivity index (χ0v) is 25.9. The van der Waals surface area contributed by atoms with Gasteiger partial charge in [0.15, 0.2) is 0 Å². The Bertz CT molecular complexity index is 1450. The number of sulfonamides is 1. The molecule has 3 aromatic rings. The molecule has 0 fully saturated rings. The average Bonchev–Trinajstić information content (AvgIpc) is 2.95. The molecule has 0 bridgehead atoms. The van der Waals surface area contributed by atoms with Crippen LogP contribution in [0.15, 0.2) is 72.8 Å². The third kappa shape index (κ3) is 9.29. The van der Waals surface area contributed by atoms with Gasteiger partial charge in [-0.1, -0.05) is 79.5 Å². The fourth-order valence-electron chi connectivity index (χ4n) is 4.72. The number of rotatable bonds is 15. The highest BCUT2D eigenvalue weighted by atomic mass is 35.5. The van der Waals surface area contributed by atoms with E-state index < -0.39 is 21.9 Å². The lowest BCUT2D eigenvalue weighted by Crippen LogP contribution is -2.50. The zero-order chi connectivity index (χ0) is 30.7. The van der Waals surface area contributed by atoms with Gasteiger partial charge in [-0.25, -0.2) is 12.8 Å². The van der Waals surface area contributed by atoms with E-state index in [4.69, 9.17) is 11.6 Å². The Kier molecular flexibility index (Phi) is 12.4. The van der Waals surface area contributed by atoms with Gasteiger partial charge in [-0.15, -0.1) is 0 Å². The molecule has 0 aliphatic carbocycles. The van der Waals surface area contributed by atoms with Gasteiger partial charge in [0.1, 0.15) is 11.9 Å². The third-order valence-corrected chi connectivity index (χ3v) is 8.65. The minimum absolute atomic E-state index is 0.0331. The average molecular weight is 616 g/mol. The van der Waals surface area contributed by atoms with Crippen LogP contribution in [0.5, 0.6) is 0 Å². The molecule has 1 unspecified atom stereocenters.